The number of carbonyl (C=O) groups is 2. The molecule has 1 heterocycles. The van der Waals surface area contributed by atoms with Crippen LogP contribution in [0.4, 0.5) is 0 Å². The predicted molar refractivity (Wildman–Crippen MR) is 95.3 cm³/mol. The number of carboxylic acids is 1. The number of hydrogen-bond donors (Lipinski definition) is 2. The minimum absolute atomic E-state index is 0.0957. The molecule has 1 amide bonds. The summed E-state index contributed by atoms with van der Waals surface area (Å²) in [5, 5.41) is 12.4. The van der Waals surface area contributed by atoms with Gasteiger partial charge in [-0.05, 0) is 32.1 Å². The van der Waals surface area contributed by atoms with Crippen molar-refractivity contribution in [2.24, 2.45) is 10.5 Å². The summed E-state index contributed by atoms with van der Waals surface area (Å²) in [7, 11) is 0. The molecule has 0 unspecified atom stereocenters. The van der Waals surface area contributed by atoms with Gasteiger partial charge in [-0.15, -0.1) is 0 Å². The van der Waals surface area contributed by atoms with Gasteiger partial charge in [-0.3, -0.25) is 9.59 Å². The van der Waals surface area contributed by atoms with E-state index in [-0.39, 0.29) is 24.0 Å². The first kappa shape index (κ1) is 21.6. The topological polar surface area (TPSA) is 97.2 Å². The maximum Gasteiger partial charge on any atom is 0.303 e. The molecule has 0 aromatic rings. The third-order valence-corrected chi connectivity index (χ3v) is 3.92. The largest absolute Gasteiger partial charge is 0.481 e. The minimum atomic E-state index is -0.766. The van der Waals surface area contributed by atoms with Gasteiger partial charge in [0, 0.05) is 24.5 Å². The molecule has 0 atom stereocenters. The molecule has 0 saturated carbocycles. The molecule has 0 aliphatic carbocycles. The first-order valence-corrected chi connectivity index (χ1v) is 9.14. The van der Waals surface area contributed by atoms with E-state index in [0.717, 1.165) is 51.7 Å². The summed E-state index contributed by atoms with van der Waals surface area (Å²) in [4.78, 5) is 21.9. The molecule has 1 aliphatic rings. The molecule has 7 heteroatoms. The van der Waals surface area contributed by atoms with Gasteiger partial charge in [0.25, 0.3) is 0 Å². The number of amides is 1. The van der Waals surface area contributed by atoms with Gasteiger partial charge in [0.05, 0.1) is 13.2 Å². The number of hydrazone groups is 1. The average Bonchev–Trinajstić information content (AvgIpc) is 2.55. The zero-order valence-corrected chi connectivity index (χ0v) is 15.5. The highest BCUT2D eigenvalue weighted by Crippen LogP contribution is 2.24. The van der Waals surface area contributed by atoms with E-state index < -0.39 is 5.97 Å². The van der Waals surface area contributed by atoms with E-state index in [9.17, 15) is 9.59 Å². The molecular formula is C18H32N2O5. The van der Waals surface area contributed by atoms with Crippen LogP contribution in [-0.2, 0) is 19.1 Å². The number of nitrogens with zero attached hydrogens (tertiary/aromatic N) is 1. The summed E-state index contributed by atoms with van der Waals surface area (Å²) in [6, 6.07) is 0. The minimum Gasteiger partial charge on any atom is -0.481 e. The smallest absolute Gasteiger partial charge is 0.303 e. The standard InChI is InChI=1S/C18H32N2O5/c1-18(2)13-24-17(25-14-18)11-7-8-12-19-20-15(21)9-5-3-4-6-10-16(22)23/h12,17H,3-11,13-14H2,1-2H3,(H,20,21)(H,22,23)/b19-12+. The highest BCUT2D eigenvalue weighted by atomic mass is 16.7. The second kappa shape index (κ2) is 12.0. The number of carboxylic acid groups (broad SMARTS) is 1. The lowest BCUT2D eigenvalue weighted by Crippen LogP contribution is -2.37. The molecule has 0 aromatic carbocycles. The lowest BCUT2D eigenvalue weighted by Gasteiger charge is -2.34. The Kier molecular flexibility index (Phi) is 10.3. The van der Waals surface area contributed by atoms with Crippen molar-refractivity contribution < 1.29 is 24.2 Å². The Morgan fingerprint density at radius 2 is 1.76 bits per heavy atom. The van der Waals surface area contributed by atoms with Crippen molar-refractivity contribution in [3.05, 3.63) is 0 Å². The first-order valence-electron chi connectivity index (χ1n) is 9.14. The third-order valence-electron chi connectivity index (χ3n) is 3.92. The quantitative estimate of drug-likeness (QED) is 0.318. The number of unbranched alkanes of at least 4 members (excludes halogenated alkanes) is 4. The monoisotopic (exact) mass is 356 g/mol. The highest BCUT2D eigenvalue weighted by molar-refractivity contribution is 5.76. The van der Waals surface area contributed by atoms with E-state index in [1.165, 1.54) is 0 Å². The molecule has 2 N–H and O–H groups in total. The van der Waals surface area contributed by atoms with Crippen LogP contribution in [0.2, 0.25) is 0 Å². The molecule has 1 fully saturated rings. The SMILES string of the molecule is CC1(C)COC(CCC/C=N/NC(=O)CCCCCCC(=O)O)OC1. The zero-order valence-electron chi connectivity index (χ0n) is 15.5. The molecule has 0 aromatic heterocycles. The van der Waals surface area contributed by atoms with Crippen molar-refractivity contribution in [1.29, 1.82) is 0 Å². The average molecular weight is 356 g/mol. The van der Waals surface area contributed by atoms with Crippen molar-refractivity contribution in [2.75, 3.05) is 13.2 Å². The van der Waals surface area contributed by atoms with Crippen molar-refractivity contribution >= 4 is 18.1 Å². The van der Waals surface area contributed by atoms with E-state index in [1.807, 2.05) is 0 Å². The fourth-order valence-corrected chi connectivity index (χ4v) is 2.42. The van der Waals surface area contributed by atoms with E-state index in [4.69, 9.17) is 14.6 Å². The normalized spacial score (nSPS) is 17.7. The summed E-state index contributed by atoms with van der Waals surface area (Å²) >= 11 is 0. The van der Waals surface area contributed by atoms with Gasteiger partial charge in [0.1, 0.15) is 0 Å². The van der Waals surface area contributed by atoms with Crippen LogP contribution in [0.1, 0.15) is 71.6 Å². The Morgan fingerprint density at radius 1 is 1.12 bits per heavy atom. The summed E-state index contributed by atoms with van der Waals surface area (Å²) in [5.41, 5.74) is 2.61. The summed E-state index contributed by atoms with van der Waals surface area (Å²) in [5.74, 6) is -0.867. The zero-order chi connectivity index (χ0) is 18.5. The number of carbonyl (C=O) groups excluding carboxylic acids is 1. The van der Waals surface area contributed by atoms with Crippen molar-refractivity contribution in [3.8, 4) is 0 Å². The van der Waals surface area contributed by atoms with Crippen LogP contribution in [0.15, 0.2) is 5.10 Å². The lowest BCUT2D eigenvalue weighted by molar-refractivity contribution is -0.223. The Morgan fingerprint density at radius 3 is 2.40 bits per heavy atom. The van der Waals surface area contributed by atoms with Gasteiger partial charge >= 0.3 is 5.97 Å². The molecule has 1 aliphatic heterocycles. The van der Waals surface area contributed by atoms with E-state index in [2.05, 4.69) is 24.4 Å². The third kappa shape index (κ3) is 11.7. The molecule has 7 nitrogen and oxygen atoms in total. The lowest BCUT2D eigenvalue weighted by atomic mass is 9.95. The van der Waals surface area contributed by atoms with Gasteiger partial charge < -0.3 is 14.6 Å². The first-order chi connectivity index (χ1) is 11.9. The second-order valence-electron chi connectivity index (χ2n) is 7.30. The van der Waals surface area contributed by atoms with Gasteiger partial charge in [0.15, 0.2) is 6.29 Å². The summed E-state index contributed by atoms with van der Waals surface area (Å²) < 4.78 is 11.3. The van der Waals surface area contributed by atoms with Gasteiger partial charge in [-0.25, -0.2) is 5.43 Å². The Labute approximate surface area is 150 Å². The maximum absolute atomic E-state index is 11.6. The van der Waals surface area contributed by atoms with Crippen molar-refractivity contribution in [3.63, 3.8) is 0 Å². The molecule has 25 heavy (non-hydrogen) atoms. The second-order valence-corrected chi connectivity index (χ2v) is 7.30. The van der Waals surface area contributed by atoms with Crippen molar-refractivity contribution in [1.82, 2.24) is 5.43 Å². The summed E-state index contributed by atoms with van der Waals surface area (Å²) in [6.45, 7) is 5.68. The number of hydrogen-bond acceptors (Lipinski definition) is 5. The van der Waals surface area contributed by atoms with Gasteiger partial charge in [-0.1, -0.05) is 26.7 Å². The predicted octanol–water partition coefficient (Wildman–Crippen LogP) is 3.08. The molecule has 1 rings (SSSR count). The number of rotatable bonds is 12. The number of nitrogens with one attached hydrogen (secondary N) is 1. The number of ether oxygens (including phenoxy) is 2. The van der Waals surface area contributed by atoms with Crippen molar-refractivity contribution in [2.45, 2.75) is 77.9 Å². The van der Waals surface area contributed by atoms with Gasteiger partial charge in [-0.2, -0.15) is 5.10 Å². The molecule has 0 bridgehead atoms. The van der Waals surface area contributed by atoms with Crippen LogP contribution < -0.4 is 5.43 Å². The Hall–Kier alpha value is -1.47. The maximum atomic E-state index is 11.6. The van der Waals surface area contributed by atoms with E-state index in [1.54, 1.807) is 6.21 Å². The van der Waals surface area contributed by atoms with Crippen LogP contribution >= 0.6 is 0 Å². The van der Waals surface area contributed by atoms with E-state index >= 15 is 0 Å². The van der Waals surface area contributed by atoms with Crippen LogP contribution in [-0.4, -0.2) is 42.7 Å². The van der Waals surface area contributed by atoms with Crippen LogP contribution in [0, 0.1) is 5.41 Å². The van der Waals surface area contributed by atoms with Crippen LogP contribution in [0.3, 0.4) is 0 Å². The summed E-state index contributed by atoms with van der Waals surface area (Å²) in [6.07, 6.45) is 7.81. The Bertz CT molecular complexity index is 427. The molecule has 1 saturated heterocycles. The highest BCUT2D eigenvalue weighted by Gasteiger charge is 2.27. The molecule has 144 valence electrons. The van der Waals surface area contributed by atoms with Crippen LogP contribution in [0.25, 0.3) is 0 Å². The van der Waals surface area contributed by atoms with Gasteiger partial charge in [0.2, 0.25) is 5.91 Å². The fourth-order valence-electron chi connectivity index (χ4n) is 2.42. The molecular weight excluding hydrogens is 324 g/mol. The molecule has 0 spiro atoms. The Balaban J connectivity index is 1.93. The number of aliphatic carboxylic acids is 1. The molecule has 0 radical (unpaired) electrons. The fraction of sp³-hybridized carbons (Fsp3) is 0.833. The van der Waals surface area contributed by atoms with E-state index in [0.29, 0.717) is 12.8 Å². The van der Waals surface area contributed by atoms with Crippen LogP contribution in [0.5, 0.6) is 0 Å².